The highest BCUT2D eigenvalue weighted by molar-refractivity contribution is 7.11. The first-order chi connectivity index (χ1) is 7.63. The fourth-order valence-electron chi connectivity index (χ4n) is 1.35. The van der Waals surface area contributed by atoms with Gasteiger partial charge in [0.25, 0.3) is 0 Å². The number of aromatic nitrogens is 1. The molecule has 4 nitrogen and oxygen atoms in total. The lowest BCUT2D eigenvalue weighted by atomic mass is 10.3. The van der Waals surface area contributed by atoms with Crippen LogP contribution in [0, 0.1) is 6.92 Å². The molecule has 0 fully saturated rings. The van der Waals surface area contributed by atoms with Crippen molar-refractivity contribution in [2.45, 2.75) is 33.2 Å². The van der Waals surface area contributed by atoms with E-state index in [1.165, 1.54) is 4.88 Å². The molecule has 1 rings (SSSR count). The van der Waals surface area contributed by atoms with Crippen LogP contribution in [-0.2, 0) is 4.79 Å². The fraction of sp³-hybridized carbons (Fsp3) is 0.636. The van der Waals surface area contributed by atoms with Gasteiger partial charge in [0.1, 0.15) is 5.01 Å². The molecule has 0 aliphatic rings. The zero-order valence-electron chi connectivity index (χ0n) is 10.0. The summed E-state index contributed by atoms with van der Waals surface area (Å²) in [4.78, 5) is 16.7. The Morgan fingerprint density at radius 3 is 2.94 bits per heavy atom. The van der Waals surface area contributed by atoms with Crippen molar-refractivity contribution in [3.63, 3.8) is 0 Å². The Labute approximate surface area is 100 Å². The predicted molar refractivity (Wildman–Crippen MR) is 66.6 cm³/mol. The van der Waals surface area contributed by atoms with Crippen LogP contribution in [0.25, 0.3) is 0 Å². The number of rotatable bonds is 6. The van der Waals surface area contributed by atoms with E-state index < -0.39 is 0 Å². The van der Waals surface area contributed by atoms with Crippen LogP contribution >= 0.6 is 11.3 Å². The molecule has 1 heterocycles. The van der Waals surface area contributed by atoms with Crippen LogP contribution in [-0.4, -0.2) is 24.0 Å². The molecule has 16 heavy (non-hydrogen) atoms. The van der Waals surface area contributed by atoms with Crippen LogP contribution in [0.2, 0.25) is 0 Å². The average Bonchev–Trinajstić information content (AvgIpc) is 2.65. The lowest BCUT2D eigenvalue weighted by Gasteiger charge is -2.10. The van der Waals surface area contributed by atoms with Gasteiger partial charge in [0.15, 0.2) is 0 Å². The fourth-order valence-corrected chi connectivity index (χ4v) is 2.15. The van der Waals surface area contributed by atoms with E-state index in [9.17, 15) is 4.79 Å². The first-order valence-electron chi connectivity index (χ1n) is 5.56. The first-order valence-corrected chi connectivity index (χ1v) is 6.37. The number of aryl methyl sites for hydroxylation is 1. The van der Waals surface area contributed by atoms with Crippen molar-refractivity contribution >= 4 is 17.2 Å². The second kappa shape index (κ2) is 6.60. The van der Waals surface area contributed by atoms with Crippen molar-refractivity contribution in [3.05, 3.63) is 16.1 Å². The predicted octanol–water partition coefficient (Wildman–Crippen LogP) is 1.63. The molecular weight excluding hydrogens is 222 g/mol. The summed E-state index contributed by atoms with van der Waals surface area (Å²) in [7, 11) is 0. The molecule has 90 valence electrons. The Morgan fingerprint density at radius 2 is 2.38 bits per heavy atom. The number of hydrogen-bond acceptors (Lipinski definition) is 4. The van der Waals surface area contributed by atoms with Crippen LogP contribution in [0.4, 0.5) is 0 Å². The van der Waals surface area contributed by atoms with Crippen molar-refractivity contribution in [2.75, 3.05) is 13.1 Å². The number of nitrogens with zero attached hydrogens (tertiary/aromatic N) is 1. The standard InChI is InChI=1S/C11H19N3OS/c1-4-12-10(15)5-6-13-9(3)11-14-7-8(2)16-11/h7,9,13H,4-6H2,1-3H3,(H,12,15). The molecule has 0 saturated carbocycles. The molecule has 0 radical (unpaired) electrons. The number of nitrogens with one attached hydrogen (secondary N) is 2. The quantitative estimate of drug-likeness (QED) is 0.796. The largest absolute Gasteiger partial charge is 0.356 e. The normalized spacial score (nSPS) is 12.4. The molecule has 5 heteroatoms. The summed E-state index contributed by atoms with van der Waals surface area (Å²) < 4.78 is 0. The van der Waals surface area contributed by atoms with Gasteiger partial charge in [0.05, 0.1) is 6.04 Å². The van der Waals surface area contributed by atoms with Crippen LogP contribution in [0.5, 0.6) is 0 Å². The topological polar surface area (TPSA) is 54.0 Å². The molecule has 1 aromatic heterocycles. The molecule has 0 spiro atoms. The van der Waals surface area contributed by atoms with Crippen LogP contribution in [0.3, 0.4) is 0 Å². The van der Waals surface area contributed by atoms with Gasteiger partial charge < -0.3 is 10.6 Å². The summed E-state index contributed by atoms with van der Waals surface area (Å²) in [5.41, 5.74) is 0. The number of carbonyl (C=O) groups excluding carboxylic acids is 1. The van der Waals surface area contributed by atoms with E-state index in [1.807, 2.05) is 20.0 Å². The van der Waals surface area contributed by atoms with E-state index in [4.69, 9.17) is 0 Å². The third-order valence-electron chi connectivity index (χ3n) is 2.19. The van der Waals surface area contributed by atoms with E-state index >= 15 is 0 Å². The maximum absolute atomic E-state index is 11.2. The molecule has 0 aromatic carbocycles. The molecule has 0 aliphatic heterocycles. The lowest BCUT2D eigenvalue weighted by molar-refractivity contribution is -0.120. The molecule has 2 N–H and O–H groups in total. The van der Waals surface area contributed by atoms with Crippen molar-refractivity contribution < 1.29 is 4.79 Å². The molecule has 1 atom stereocenters. The van der Waals surface area contributed by atoms with Crippen molar-refractivity contribution in [3.8, 4) is 0 Å². The Kier molecular flexibility index (Phi) is 5.42. The number of amides is 1. The van der Waals surface area contributed by atoms with Crippen LogP contribution < -0.4 is 10.6 Å². The van der Waals surface area contributed by atoms with E-state index in [-0.39, 0.29) is 11.9 Å². The molecule has 0 saturated heterocycles. The Balaban J connectivity index is 2.25. The zero-order valence-corrected chi connectivity index (χ0v) is 10.9. The number of carbonyl (C=O) groups is 1. The lowest BCUT2D eigenvalue weighted by Crippen LogP contribution is -2.28. The van der Waals surface area contributed by atoms with E-state index in [0.717, 1.165) is 5.01 Å². The molecule has 1 aromatic rings. The van der Waals surface area contributed by atoms with Gasteiger partial charge in [-0.1, -0.05) is 0 Å². The third kappa shape index (κ3) is 4.28. The van der Waals surface area contributed by atoms with Gasteiger partial charge in [-0.3, -0.25) is 4.79 Å². The van der Waals surface area contributed by atoms with Gasteiger partial charge >= 0.3 is 0 Å². The Morgan fingerprint density at radius 1 is 1.62 bits per heavy atom. The summed E-state index contributed by atoms with van der Waals surface area (Å²) in [6.07, 6.45) is 2.39. The van der Waals surface area contributed by atoms with Gasteiger partial charge in [-0.2, -0.15) is 0 Å². The molecular formula is C11H19N3OS. The van der Waals surface area contributed by atoms with Crippen LogP contribution in [0.1, 0.15) is 36.2 Å². The SMILES string of the molecule is CCNC(=O)CCNC(C)c1ncc(C)s1. The molecule has 0 bridgehead atoms. The van der Waals surface area contributed by atoms with Gasteiger partial charge in [0.2, 0.25) is 5.91 Å². The summed E-state index contributed by atoms with van der Waals surface area (Å²) in [6.45, 7) is 7.41. The summed E-state index contributed by atoms with van der Waals surface area (Å²) in [5.74, 6) is 0.0949. The summed E-state index contributed by atoms with van der Waals surface area (Å²) in [6, 6.07) is 0.216. The van der Waals surface area contributed by atoms with E-state index in [0.29, 0.717) is 19.5 Å². The van der Waals surface area contributed by atoms with E-state index in [1.54, 1.807) is 11.3 Å². The highest BCUT2D eigenvalue weighted by Gasteiger charge is 2.09. The second-order valence-electron chi connectivity index (χ2n) is 3.69. The summed E-state index contributed by atoms with van der Waals surface area (Å²) in [5, 5.41) is 7.14. The minimum atomic E-state index is 0.0949. The van der Waals surface area contributed by atoms with Crippen LogP contribution in [0.15, 0.2) is 6.20 Å². The summed E-state index contributed by atoms with van der Waals surface area (Å²) >= 11 is 1.69. The highest BCUT2D eigenvalue weighted by Crippen LogP contribution is 2.18. The van der Waals surface area contributed by atoms with Crippen molar-refractivity contribution in [1.29, 1.82) is 0 Å². The van der Waals surface area contributed by atoms with Crippen molar-refractivity contribution in [1.82, 2.24) is 15.6 Å². The first kappa shape index (κ1) is 13.1. The monoisotopic (exact) mass is 241 g/mol. The van der Waals surface area contributed by atoms with Crippen molar-refractivity contribution in [2.24, 2.45) is 0 Å². The van der Waals surface area contributed by atoms with Gasteiger partial charge in [-0.25, -0.2) is 4.98 Å². The molecule has 1 unspecified atom stereocenters. The minimum Gasteiger partial charge on any atom is -0.356 e. The maximum atomic E-state index is 11.2. The number of thiazole rings is 1. The Hall–Kier alpha value is -0.940. The van der Waals surface area contributed by atoms with Gasteiger partial charge in [-0.15, -0.1) is 11.3 Å². The Bertz CT molecular complexity index is 338. The molecule has 0 aliphatic carbocycles. The third-order valence-corrected chi connectivity index (χ3v) is 3.28. The zero-order chi connectivity index (χ0) is 12.0. The minimum absolute atomic E-state index is 0.0949. The highest BCUT2D eigenvalue weighted by atomic mass is 32.1. The van der Waals surface area contributed by atoms with E-state index in [2.05, 4.69) is 22.5 Å². The average molecular weight is 241 g/mol. The number of hydrogen-bond donors (Lipinski definition) is 2. The second-order valence-corrected chi connectivity index (χ2v) is 4.95. The van der Waals surface area contributed by atoms with Gasteiger partial charge in [0, 0.05) is 30.6 Å². The molecule has 1 amide bonds. The maximum Gasteiger partial charge on any atom is 0.221 e. The van der Waals surface area contributed by atoms with Gasteiger partial charge in [-0.05, 0) is 20.8 Å². The smallest absolute Gasteiger partial charge is 0.221 e.